The zero-order chi connectivity index (χ0) is 14.4. The average molecular weight is 331 g/mol. The van der Waals surface area contributed by atoms with E-state index in [1.807, 2.05) is 0 Å². The van der Waals surface area contributed by atoms with Gasteiger partial charge in [-0.3, -0.25) is 4.79 Å². The van der Waals surface area contributed by atoms with Crippen molar-refractivity contribution >= 4 is 45.4 Å². The molecule has 1 aromatic carbocycles. The quantitative estimate of drug-likeness (QED) is 0.684. The van der Waals surface area contributed by atoms with Crippen molar-refractivity contribution in [2.45, 2.75) is 0 Å². The molecule has 0 aliphatic carbocycles. The van der Waals surface area contributed by atoms with Gasteiger partial charge in [0, 0.05) is 6.07 Å². The first-order valence-corrected chi connectivity index (χ1v) is 7.03. The molecule has 0 spiro atoms. The predicted molar refractivity (Wildman–Crippen MR) is 77.5 cm³/mol. The summed E-state index contributed by atoms with van der Waals surface area (Å²) in [6, 6.07) is 3.18. The molecule has 20 heavy (non-hydrogen) atoms. The summed E-state index contributed by atoms with van der Waals surface area (Å²) in [5.74, 6) is -1.78. The second-order valence-corrected chi connectivity index (χ2v) is 5.66. The summed E-state index contributed by atoms with van der Waals surface area (Å²) < 4.78 is 28.0. The van der Waals surface area contributed by atoms with Crippen LogP contribution in [0.3, 0.4) is 0 Å². The van der Waals surface area contributed by atoms with Crippen LogP contribution in [0.4, 0.5) is 8.78 Å². The van der Waals surface area contributed by atoms with Gasteiger partial charge in [-0.05, 0) is 29.7 Å². The van der Waals surface area contributed by atoms with Crippen molar-refractivity contribution in [3.63, 3.8) is 0 Å². The summed E-state index contributed by atoms with van der Waals surface area (Å²) in [5.41, 5.74) is -0.759. The highest BCUT2D eigenvalue weighted by atomic mass is 35.5. The number of hydrogen-bond acceptors (Lipinski definition) is 3. The van der Waals surface area contributed by atoms with Crippen LogP contribution in [0.2, 0.25) is 5.02 Å². The summed E-state index contributed by atoms with van der Waals surface area (Å²) in [6.45, 7) is 0. The second kappa shape index (κ2) is 4.76. The van der Waals surface area contributed by atoms with Crippen LogP contribution < -0.4 is 5.56 Å². The average Bonchev–Trinajstić information content (AvgIpc) is 2.80. The normalized spacial score (nSPS) is 11.2. The van der Waals surface area contributed by atoms with Gasteiger partial charge in [0.25, 0.3) is 5.56 Å². The molecule has 2 aromatic heterocycles. The van der Waals surface area contributed by atoms with E-state index < -0.39 is 17.2 Å². The lowest BCUT2D eigenvalue weighted by molar-refractivity contribution is 0.576. The maximum Gasteiger partial charge on any atom is 0.267 e. The molecule has 3 nitrogen and oxygen atoms in total. The Hall–Kier alpha value is -1.57. The topological polar surface area (TPSA) is 37.8 Å². The van der Waals surface area contributed by atoms with E-state index in [-0.39, 0.29) is 15.5 Å². The van der Waals surface area contributed by atoms with Crippen molar-refractivity contribution < 1.29 is 8.78 Å². The molecule has 3 rings (SSSR count). The number of thiophene rings is 1. The number of rotatable bonds is 1. The van der Waals surface area contributed by atoms with Crippen molar-refractivity contribution in [2.75, 3.05) is 0 Å². The molecule has 0 saturated carbocycles. The van der Waals surface area contributed by atoms with E-state index in [1.165, 1.54) is 11.3 Å². The maximum absolute atomic E-state index is 13.9. The number of nitrogens with one attached hydrogen (secondary N) is 1. The van der Waals surface area contributed by atoms with Crippen molar-refractivity contribution in [3.8, 4) is 5.69 Å². The first kappa shape index (κ1) is 13.4. The lowest BCUT2D eigenvalue weighted by Crippen LogP contribution is -2.21. The Balaban J connectivity index is 2.47. The fourth-order valence-electron chi connectivity index (χ4n) is 1.89. The van der Waals surface area contributed by atoms with Gasteiger partial charge in [-0.1, -0.05) is 11.6 Å². The molecule has 3 aromatic rings. The van der Waals surface area contributed by atoms with Crippen LogP contribution in [0.1, 0.15) is 0 Å². The van der Waals surface area contributed by atoms with Crippen LogP contribution in [-0.4, -0.2) is 9.55 Å². The number of hydrogen-bond donors (Lipinski definition) is 1. The Kier molecular flexibility index (Phi) is 3.19. The molecular formula is C12H5ClF2N2OS2. The molecule has 102 valence electrons. The van der Waals surface area contributed by atoms with Crippen LogP contribution in [-0.2, 0) is 0 Å². The van der Waals surface area contributed by atoms with Gasteiger partial charge in [-0.2, -0.15) is 0 Å². The zero-order valence-corrected chi connectivity index (χ0v) is 12.0. The highest BCUT2D eigenvalue weighted by molar-refractivity contribution is 7.71. The van der Waals surface area contributed by atoms with Gasteiger partial charge in [0.1, 0.15) is 16.3 Å². The molecule has 0 unspecified atom stereocenters. The van der Waals surface area contributed by atoms with E-state index in [1.54, 1.807) is 11.4 Å². The van der Waals surface area contributed by atoms with Crippen molar-refractivity contribution in [3.05, 3.63) is 55.4 Å². The van der Waals surface area contributed by atoms with Gasteiger partial charge in [0.2, 0.25) is 0 Å². The van der Waals surface area contributed by atoms with Crippen molar-refractivity contribution in [1.29, 1.82) is 0 Å². The number of aromatic nitrogens is 2. The summed E-state index contributed by atoms with van der Waals surface area (Å²) in [6.07, 6.45) is 0. The Morgan fingerprint density at radius 3 is 2.80 bits per heavy atom. The Morgan fingerprint density at radius 1 is 1.35 bits per heavy atom. The largest absolute Gasteiger partial charge is 0.323 e. The molecule has 0 fully saturated rings. The maximum atomic E-state index is 13.9. The van der Waals surface area contributed by atoms with Gasteiger partial charge in [-0.15, -0.1) is 11.3 Å². The van der Waals surface area contributed by atoms with Crippen LogP contribution in [0.5, 0.6) is 0 Å². The third-order valence-electron chi connectivity index (χ3n) is 2.73. The van der Waals surface area contributed by atoms with Crippen molar-refractivity contribution in [1.82, 2.24) is 9.55 Å². The van der Waals surface area contributed by atoms with Crippen LogP contribution in [0.25, 0.3) is 15.9 Å². The third kappa shape index (κ3) is 1.98. The summed E-state index contributed by atoms with van der Waals surface area (Å²) in [7, 11) is 0. The molecule has 0 amide bonds. The molecule has 0 bridgehead atoms. The Bertz CT molecular complexity index is 922. The van der Waals surface area contributed by atoms with Crippen LogP contribution >= 0.6 is 35.2 Å². The monoisotopic (exact) mass is 330 g/mol. The predicted octanol–water partition coefficient (Wildman–Crippen LogP) is 4.04. The second-order valence-electron chi connectivity index (χ2n) is 3.95. The molecule has 8 heteroatoms. The van der Waals surface area contributed by atoms with E-state index in [0.29, 0.717) is 16.3 Å². The zero-order valence-electron chi connectivity index (χ0n) is 9.62. The minimum absolute atomic E-state index is 0.00245. The number of H-pyrrole nitrogens is 1. The lowest BCUT2D eigenvalue weighted by atomic mass is 10.3. The molecular weight excluding hydrogens is 326 g/mol. The molecule has 2 heterocycles. The Morgan fingerprint density at radius 2 is 2.10 bits per heavy atom. The van der Waals surface area contributed by atoms with Gasteiger partial charge < -0.3 is 4.98 Å². The number of fused-ring (bicyclic) bond motifs is 1. The minimum atomic E-state index is -0.953. The van der Waals surface area contributed by atoms with Gasteiger partial charge >= 0.3 is 0 Å². The Labute approximate surface area is 125 Å². The molecule has 1 N–H and O–H groups in total. The lowest BCUT2D eigenvalue weighted by Gasteiger charge is -2.09. The van der Waals surface area contributed by atoms with Crippen LogP contribution in [0.15, 0.2) is 28.4 Å². The standard InChI is InChI=1S/C12H5ClF2N2OS2/c13-7-3-5(14)4-8(15)9(7)17-11(18)6-1-2-20-10(6)16-12(17)19/h1-4H,(H,16,19). The third-order valence-corrected chi connectivity index (χ3v) is 4.13. The fourth-order valence-corrected chi connectivity index (χ4v) is 3.29. The van der Waals surface area contributed by atoms with E-state index in [2.05, 4.69) is 4.98 Å². The first-order valence-electron chi connectivity index (χ1n) is 5.36. The number of halogens is 3. The van der Waals surface area contributed by atoms with E-state index in [9.17, 15) is 13.6 Å². The number of nitrogens with zero attached hydrogens (tertiary/aromatic N) is 1. The summed E-state index contributed by atoms with van der Waals surface area (Å²) >= 11 is 12.2. The van der Waals surface area contributed by atoms with Crippen molar-refractivity contribution in [2.24, 2.45) is 0 Å². The van der Waals surface area contributed by atoms with Gasteiger partial charge in [-0.25, -0.2) is 13.3 Å². The molecule has 0 aliphatic heterocycles. The highest BCUT2D eigenvalue weighted by Gasteiger charge is 2.16. The van der Waals surface area contributed by atoms with Gasteiger partial charge in [0.05, 0.1) is 10.4 Å². The molecule has 0 radical (unpaired) electrons. The van der Waals surface area contributed by atoms with E-state index >= 15 is 0 Å². The van der Waals surface area contributed by atoms with E-state index in [4.69, 9.17) is 23.8 Å². The smallest absolute Gasteiger partial charge is 0.267 e. The SMILES string of the molecule is O=c1c2ccsc2[nH]c(=S)n1-c1c(F)cc(F)cc1Cl. The van der Waals surface area contributed by atoms with E-state index in [0.717, 1.165) is 10.6 Å². The fraction of sp³-hybridized carbons (Fsp3) is 0. The summed E-state index contributed by atoms with van der Waals surface area (Å²) in [4.78, 5) is 15.8. The highest BCUT2D eigenvalue weighted by Crippen LogP contribution is 2.25. The number of aromatic amines is 1. The number of benzene rings is 1. The molecule has 0 saturated heterocycles. The molecule has 0 atom stereocenters. The van der Waals surface area contributed by atoms with Crippen LogP contribution in [0, 0.1) is 16.4 Å². The summed E-state index contributed by atoms with van der Waals surface area (Å²) in [5, 5.41) is 1.85. The van der Waals surface area contributed by atoms with Gasteiger partial charge in [0.15, 0.2) is 10.6 Å². The minimum Gasteiger partial charge on any atom is -0.323 e. The first-order chi connectivity index (χ1) is 9.49. The molecule has 0 aliphatic rings.